The topological polar surface area (TPSA) is 36.3 Å². The minimum absolute atomic E-state index is 0.204. The summed E-state index contributed by atoms with van der Waals surface area (Å²) < 4.78 is 5.79. The highest BCUT2D eigenvalue weighted by Gasteiger charge is 2.35. The van der Waals surface area contributed by atoms with Gasteiger partial charge in [-0.1, -0.05) is 11.8 Å². The Hall–Kier alpha value is -0.220. The Labute approximate surface area is 89.7 Å². The van der Waals surface area contributed by atoms with Crippen LogP contribution in [0.4, 0.5) is 0 Å². The van der Waals surface area contributed by atoms with Gasteiger partial charge in [0.25, 0.3) is 0 Å². The van der Waals surface area contributed by atoms with Crippen LogP contribution in [0.2, 0.25) is 0 Å². The normalized spacial score (nSPS) is 31.4. The second-order valence-electron chi connectivity index (χ2n) is 4.68. The Morgan fingerprint density at radius 1 is 1.64 bits per heavy atom. The third-order valence-corrected chi connectivity index (χ3v) is 3.81. The molecule has 80 valence electrons. The van der Waals surface area contributed by atoms with Crippen LogP contribution in [0.1, 0.15) is 26.7 Å². The SMILES string of the molecule is CC1(C)CN(C[C@@H]2CCCO2)C(=N)S1. The van der Waals surface area contributed by atoms with E-state index in [1.54, 1.807) is 11.8 Å². The van der Waals surface area contributed by atoms with E-state index in [-0.39, 0.29) is 4.75 Å². The van der Waals surface area contributed by atoms with E-state index in [4.69, 9.17) is 10.1 Å². The maximum atomic E-state index is 7.86. The summed E-state index contributed by atoms with van der Waals surface area (Å²) in [6, 6.07) is 0. The number of hydrogen-bond donors (Lipinski definition) is 1. The van der Waals surface area contributed by atoms with Gasteiger partial charge in [0, 0.05) is 24.4 Å². The van der Waals surface area contributed by atoms with E-state index in [9.17, 15) is 0 Å². The quantitative estimate of drug-likeness (QED) is 0.763. The van der Waals surface area contributed by atoms with Crippen LogP contribution in [-0.4, -0.2) is 40.6 Å². The largest absolute Gasteiger partial charge is 0.376 e. The number of ether oxygens (including phenoxy) is 1. The fourth-order valence-electron chi connectivity index (χ4n) is 2.07. The average Bonchev–Trinajstić information content (AvgIpc) is 2.61. The van der Waals surface area contributed by atoms with Crippen LogP contribution < -0.4 is 0 Å². The first-order valence-electron chi connectivity index (χ1n) is 5.21. The lowest BCUT2D eigenvalue weighted by Crippen LogP contribution is -2.35. The van der Waals surface area contributed by atoms with Crippen LogP contribution in [0.3, 0.4) is 0 Å². The van der Waals surface area contributed by atoms with Gasteiger partial charge in [0.05, 0.1) is 6.10 Å². The fourth-order valence-corrected chi connectivity index (χ4v) is 3.08. The van der Waals surface area contributed by atoms with Crippen molar-refractivity contribution < 1.29 is 4.74 Å². The third-order valence-electron chi connectivity index (χ3n) is 2.68. The van der Waals surface area contributed by atoms with E-state index in [1.165, 1.54) is 6.42 Å². The molecule has 1 atom stereocenters. The van der Waals surface area contributed by atoms with Crippen molar-refractivity contribution in [3.8, 4) is 0 Å². The Morgan fingerprint density at radius 3 is 2.93 bits per heavy atom. The van der Waals surface area contributed by atoms with Gasteiger partial charge in [0.1, 0.15) is 0 Å². The van der Waals surface area contributed by atoms with Crippen molar-refractivity contribution >= 4 is 16.9 Å². The molecule has 2 heterocycles. The molecule has 0 bridgehead atoms. The van der Waals surface area contributed by atoms with Crippen molar-refractivity contribution in [3.05, 3.63) is 0 Å². The first-order valence-corrected chi connectivity index (χ1v) is 6.03. The summed E-state index contributed by atoms with van der Waals surface area (Å²) in [6.45, 7) is 7.19. The zero-order chi connectivity index (χ0) is 10.2. The summed E-state index contributed by atoms with van der Waals surface area (Å²) in [5, 5.41) is 8.57. The van der Waals surface area contributed by atoms with Crippen molar-refractivity contribution in [2.24, 2.45) is 0 Å². The number of rotatable bonds is 2. The number of hydrogen-bond acceptors (Lipinski definition) is 3. The van der Waals surface area contributed by atoms with E-state index in [2.05, 4.69) is 18.7 Å². The molecule has 4 heteroatoms. The van der Waals surface area contributed by atoms with Crippen LogP contribution in [0.15, 0.2) is 0 Å². The number of nitrogens with one attached hydrogen (secondary N) is 1. The Bertz CT molecular complexity index is 236. The molecule has 0 aromatic heterocycles. The highest BCUT2D eigenvalue weighted by atomic mass is 32.2. The lowest BCUT2D eigenvalue weighted by atomic mass is 10.2. The molecule has 1 N–H and O–H groups in total. The summed E-state index contributed by atoms with van der Waals surface area (Å²) in [6.07, 6.45) is 2.71. The van der Waals surface area contributed by atoms with Crippen molar-refractivity contribution in [3.63, 3.8) is 0 Å². The van der Waals surface area contributed by atoms with Crippen LogP contribution in [0.25, 0.3) is 0 Å². The van der Waals surface area contributed by atoms with Gasteiger partial charge >= 0.3 is 0 Å². The monoisotopic (exact) mass is 214 g/mol. The molecule has 2 aliphatic heterocycles. The molecular weight excluding hydrogens is 196 g/mol. The molecule has 14 heavy (non-hydrogen) atoms. The number of nitrogens with zero attached hydrogens (tertiary/aromatic N) is 1. The van der Waals surface area contributed by atoms with Crippen molar-refractivity contribution in [1.82, 2.24) is 4.90 Å². The molecule has 0 unspecified atom stereocenters. The van der Waals surface area contributed by atoms with Gasteiger partial charge in [-0.3, -0.25) is 5.41 Å². The molecule has 0 aromatic carbocycles. The minimum Gasteiger partial charge on any atom is -0.376 e. The molecule has 0 aliphatic carbocycles. The molecule has 0 spiro atoms. The molecule has 2 aliphatic rings. The zero-order valence-electron chi connectivity index (χ0n) is 8.88. The van der Waals surface area contributed by atoms with Gasteiger partial charge < -0.3 is 9.64 Å². The van der Waals surface area contributed by atoms with Crippen molar-refractivity contribution in [1.29, 1.82) is 5.41 Å². The van der Waals surface area contributed by atoms with Crippen LogP contribution in [-0.2, 0) is 4.74 Å². The van der Waals surface area contributed by atoms with Crippen molar-refractivity contribution in [2.75, 3.05) is 19.7 Å². The van der Waals surface area contributed by atoms with E-state index in [0.717, 1.165) is 26.1 Å². The minimum atomic E-state index is 0.204. The van der Waals surface area contributed by atoms with Gasteiger partial charge in [-0.2, -0.15) is 0 Å². The second-order valence-corrected chi connectivity index (χ2v) is 6.38. The molecular formula is C10H18N2OS. The Morgan fingerprint density at radius 2 is 2.43 bits per heavy atom. The van der Waals surface area contributed by atoms with Gasteiger partial charge in [-0.25, -0.2) is 0 Å². The summed E-state index contributed by atoms with van der Waals surface area (Å²) >= 11 is 1.67. The van der Waals surface area contributed by atoms with E-state index >= 15 is 0 Å². The first kappa shape index (κ1) is 10.3. The van der Waals surface area contributed by atoms with Crippen LogP contribution >= 0.6 is 11.8 Å². The fraction of sp³-hybridized carbons (Fsp3) is 0.900. The van der Waals surface area contributed by atoms with Gasteiger partial charge in [0.15, 0.2) is 5.17 Å². The Balaban J connectivity index is 1.89. The van der Waals surface area contributed by atoms with Gasteiger partial charge in [-0.05, 0) is 26.7 Å². The lowest BCUT2D eigenvalue weighted by Gasteiger charge is -2.22. The summed E-state index contributed by atoms with van der Waals surface area (Å²) in [5.74, 6) is 0. The van der Waals surface area contributed by atoms with E-state index < -0.39 is 0 Å². The van der Waals surface area contributed by atoms with Crippen molar-refractivity contribution in [2.45, 2.75) is 37.5 Å². The summed E-state index contributed by atoms with van der Waals surface area (Å²) in [7, 11) is 0. The van der Waals surface area contributed by atoms with Crippen LogP contribution in [0, 0.1) is 5.41 Å². The molecule has 0 saturated carbocycles. The molecule has 0 amide bonds. The maximum absolute atomic E-state index is 7.86. The van der Waals surface area contributed by atoms with Crippen LogP contribution in [0.5, 0.6) is 0 Å². The average molecular weight is 214 g/mol. The summed E-state index contributed by atoms with van der Waals surface area (Å²) in [5.41, 5.74) is 0. The highest BCUT2D eigenvalue weighted by Crippen LogP contribution is 2.35. The number of amidine groups is 1. The predicted octanol–water partition coefficient (Wildman–Crippen LogP) is 1.93. The first-order chi connectivity index (χ1) is 6.57. The maximum Gasteiger partial charge on any atom is 0.157 e. The molecule has 3 nitrogen and oxygen atoms in total. The highest BCUT2D eigenvalue weighted by molar-refractivity contribution is 8.15. The third kappa shape index (κ3) is 2.23. The molecule has 2 rings (SSSR count). The van der Waals surface area contributed by atoms with E-state index in [1.807, 2.05) is 0 Å². The van der Waals surface area contributed by atoms with Gasteiger partial charge in [-0.15, -0.1) is 0 Å². The molecule has 0 aromatic rings. The molecule has 2 fully saturated rings. The Kier molecular flexibility index (Phi) is 2.75. The second kappa shape index (κ2) is 3.74. The zero-order valence-corrected chi connectivity index (χ0v) is 9.69. The summed E-state index contributed by atoms with van der Waals surface area (Å²) in [4.78, 5) is 2.15. The standard InChI is InChI=1S/C10H18N2OS/c1-10(2)7-12(9(11)14-10)6-8-4-3-5-13-8/h8,11H,3-7H2,1-2H3/t8-/m0/s1. The lowest BCUT2D eigenvalue weighted by molar-refractivity contribution is 0.0916. The molecule has 2 saturated heterocycles. The van der Waals surface area contributed by atoms with Gasteiger partial charge in [0.2, 0.25) is 0 Å². The smallest absolute Gasteiger partial charge is 0.157 e. The predicted molar refractivity (Wildman–Crippen MR) is 59.9 cm³/mol. The van der Waals surface area contributed by atoms with E-state index in [0.29, 0.717) is 11.3 Å². The molecule has 0 radical (unpaired) electrons. The number of thioether (sulfide) groups is 1.